The Labute approximate surface area is 79.7 Å². The zero-order valence-corrected chi connectivity index (χ0v) is 7.85. The maximum atomic E-state index is 11.2. The van der Waals surface area contributed by atoms with Crippen LogP contribution in [0.3, 0.4) is 0 Å². The molecule has 1 aromatic rings. The second kappa shape index (κ2) is 3.91. The van der Waals surface area contributed by atoms with Gasteiger partial charge in [-0.15, -0.1) is 0 Å². The molecule has 0 aliphatic rings. The fourth-order valence-electron chi connectivity index (χ4n) is 0.874. The molecule has 1 aromatic heterocycles. The van der Waals surface area contributed by atoms with Crippen LogP contribution in [0.5, 0.6) is 5.75 Å². The lowest BCUT2D eigenvalue weighted by Gasteiger charge is -2.03. The van der Waals surface area contributed by atoms with Gasteiger partial charge in [-0.2, -0.15) is 5.10 Å². The van der Waals surface area contributed by atoms with Gasteiger partial charge in [0.1, 0.15) is 0 Å². The molecule has 76 valence electrons. The first-order valence-electron chi connectivity index (χ1n) is 4.00. The molecule has 0 spiro atoms. The van der Waals surface area contributed by atoms with Gasteiger partial charge in [-0.3, -0.25) is 4.79 Å². The van der Waals surface area contributed by atoms with Crippen molar-refractivity contribution in [3.05, 3.63) is 22.1 Å². The summed E-state index contributed by atoms with van der Waals surface area (Å²) in [5.74, 6) is -1.22. The Balaban J connectivity index is 3.16. The van der Waals surface area contributed by atoms with E-state index >= 15 is 0 Å². The maximum absolute atomic E-state index is 11.2. The molecule has 1 rings (SSSR count). The summed E-state index contributed by atoms with van der Waals surface area (Å²) in [4.78, 5) is 22.1. The first kappa shape index (κ1) is 10.2. The highest BCUT2D eigenvalue weighted by molar-refractivity contribution is 5.89. The van der Waals surface area contributed by atoms with Crippen molar-refractivity contribution >= 4 is 5.97 Å². The van der Waals surface area contributed by atoms with Crippen molar-refractivity contribution < 1.29 is 14.6 Å². The van der Waals surface area contributed by atoms with Crippen molar-refractivity contribution in [3.63, 3.8) is 0 Å². The summed E-state index contributed by atoms with van der Waals surface area (Å²) in [6, 6.07) is 0.916. The third-order valence-corrected chi connectivity index (χ3v) is 1.54. The van der Waals surface area contributed by atoms with E-state index in [1.807, 2.05) is 0 Å². The molecule has 0 aromatic carbocycles. The van der Waals surface area contributed by atoms with Crippen LogP contribution in [0.4, 0.5) is 0 Å². The topological polar surface area (TPSA) is 81.4 Å². The minimum Gasteiger partial charge on any atom is -0.505 e. The lowest BCUT2D eigenvalue weighted by atomic mass is 10.3. The maximum Gasteiger partial charge on any atom is 0.362 e. The second-order valence-corrected chi connectivity index (χ2v) is 2.56. The van der Waals surface area contributed by atoms with Gasteiger partial charge in [0.2, 0.25) is 5.69 Å². The van der Waals surface area contributed by atoms with E-state index in [4.69, 9.17) is 0 Å². The molecule has 6 nitrogen and oxygen atoms in total. The SMILES string of the molecule is CCOC(=O)c1nn(C)c(=O)cc1O. The Morgan fingerprint density at radius 2 is 2.36 bits per heavy atom. The van der Waals surface area contributed by atoms with Crippen LogP contribution in [0.2, 0.25) is 0 Å². The molecule has 1 heterocycles. The summed E-state index contributed by atoms with van der Waals surface area (Å²) in [6.07, 6.45) is 0. The molecular weight excluding hydrogens is 188 g/mol. The monoisotopic (exact) mass is 198 g/mol. The van der Waals surface area contributed by atoms with E-state index < -0.39 is 17.3 Å². The fraction of sp³-hybridized carbons (Fsp3) is 0.375. The van der Waals surface area contributed by atoms with Crippen LogP contribution < -0.4 is 5.56 Å². The number of hydrogen-bond acceptors (Lipinski definition) is 5. The zero-order chi connectivity index (χ0) is 10.7. The lowest BCUT2D eigenvalue weighted by molar-refractivity contribution is 0.0512. The molecular formula is C8H10N2O4. The molecule has 0 amide bonds. The predicted octanol–water partition coefficient (Wildman–Crippen LogP) is -0.337. The van der Waals surface area contributed by atoms with Crippen LogP contribution in [0.1, 0.15) is 17.4 Å². The van der Waals surface area contributed by atoms with Crippen molar-refractivity contribution in [2.75, 3.05) is 6.61 Å². The quantitative estimate of drug-likeness (QED) is 0.657. The van der Waals surface area contributed by atoms with E-state index in [1.165, 1.54) is 7.05 Å². The van der Waals surface area contributed by atoms with Crippen molar-refractivity contribution in [2.45, 2.75) is 6.92 Å². The van der Waals surface area contributed by atoms with Crippen LogP contribution in [0.25, 0.3) is 0 Å². The van der Waals surface area contributed by atoms with Gasteiger partial charge in [-0.05, 0) is 6.92 Å². The number of aryl methyl sites for hydroxylation is 1. The van der Waals surface area contributed by atoms with Crippen LogP contribution in [-0.2, 0) is 11.8 Å². The number of rotatable bonds is 2. The molecule has 14 heavy (non-hydrogen) atoms. The predicted molar refractivity (Wildman–Crippen MR) is 47.1 cm³/mol. The highest BCUT2D eigenvalue weighted by Gasteiger charge is 2.15. The largest absolute Gasteiger partial charge is 0.505 e. The summed E-state index contributed by atoms with van der Waals surface area (Å²) in [6.45, 7) is 1.82. The molecule has 6 heteroatoms. The van der Waals surface area contributed by atoms with E-state index in [0.717, 1.165) is 10.7 Å². The number of hydrogen-bond donors (Lipinski definition) is 1. The van der Waals surface area contributed by atoms with Gasteiger partial charge >= 0.3 is 5.97 Å². The van der Waals surface area contributed by atoms with Crippen LogP contribution in [0, 0.1) is 0 Å². The molecule has 0 radical (unpaired) electrons. The van der Waals surface area contributed by atoms with E-state index in [0.29, 0.717) is 0 Å². The lowest BCUT2D eigenvalue weighted by Crippen LogP contribution is -2.22. The smallest absolute Gasteiger partial charge is 0.362 e. The van der Waals surface area contributed by atoms with Gasteiger partial charge in [-0.25, -0.2) is 9.48 Å². The zero-order valence-electron chi connectivity index (χ0n) is 7.85. The van der Waals surface area contributed by atoms with Gasteiger partial charge in [0.15, 0.2) is 5.75 Å². The van der Waals surface area contributed by atoms with E-state index in [9.17, 15) is 14.7 Å². The first-order chi connectivity index (χ1) is 6.56. The van der Waals surface area contributed by atoms with Crippen LogP contribution in [-0.4, -0.2) is 27.5 Å². The van der Waals surface area contributed by atoms with Gasteiger partial charge in [0, 0.05) is 13.1 Å². The molecule has 0 atom stereocenters. The molecule has 0 bridgehead atoms. The average molecular weight is 198 g/mol. The number of ether oxygens (including phenoxy) is 1. The molecule has 0 unspecified atom stereocenters. The molecule has 1 N–H and O–H groups in total. The summed E-state index contributed by atoms with van der Waals surface area (Å²) >= 11 is 0. The minimum absolute atomic E-state index is 0.183. The summed E-state index contributed by atoms with van der Waals surface area (Å²) in [5.41, 5.74) is -0.746. The number of aromatic nitrogens is 2. The van der Waals surface area contributed by atoms with Crippen molar-refractivity contribution in [1.82, 2.24) is 9.78 Å². The third-order valence-electron chi connectivity index (χ3n) is 1.54. The number of carbonyl (C=O) groups excluding carboxylic acids is 1. The Morgan fingerprint density at radius 3 is 2.93 bits per heavy atom. The average Bonchev–Trinajstić information content (AvgIpc) is 2.11. The molecule has 0 saturated heterocycles. The fourth-order valence-corrected chi connectivity index (χ4v) is 0.874. The number of nitrogens with zero attached hydrogens (tertiary/aromatic N) is 2. The standard InChI is InChI=1S/C8H10N2O4/c1-3-14-8(13)7-5(11)4-6(12)10(2)9-7/h4,11H,3H2,1-2H3. The van der Waals surface area contributed by atoms with Crippen LogP contribution in [0.15, 0.2) is 10.9 Å². The number of carbonyl (C=O) groups is 1. The number of esters is 1. The Morgan fingerprint density at radius 1 is 1.71 bits per heavy atom. The van der Waals surface area contributed by atoms with Crippen LogP contribution >= 0.6 is 0 Å². The van der Waals surface area contributed by atoms with Crippen molar-refractivity contribution in [1.29, 1.82) is 0 Å². The van der Waals surface area contributed by atoms with Gasteiger partial charge in [0.25, 0.3) is 5.56 Å². The summed E-state index contributed by atoms with van der Waals surface area (Å²) in [7, 11) is 1.38. The molecule has 0 saturated carbocycles. The Bertz CT molecular complexity index is 410. The highest BCUT2D eigenvalue weighted by atomic mass is 16.5. The van der Waals surface area contributed by atoms with Gasteiger partial charge < -0.3 is 9.84 Å². The van der Waals surface area contributed by atoms with E-state index in [-0.39, 0.29) is 12.3 Å². The Kier molecular flexibility index (Phi) is 2.85. The third kappa shape index (κ3) is 1.90. The number of aromatic hydroxyl groups is 1. The first-order valence-corrected chi connectivity index (χ1v) is 4.00. The molecule has 0 aliphatic carbocycles. The van der Waals surface area contributed by atoms with E-state index in [1.54, 1.807) is 6.92 Å². The second-order valence-electron chi connectivity index (χ2n) is 2.56. The normalized spacial score (nSPS) is 9.86. The summed E-state index contributed by atoms with van der Waals surface area (Å²) < 4.78 is 5.58. The van der Waals surface area contributed by atoms with E-state index in [2.05, 4.69) is 9.84 Å². The van der Waals surface area contributed by atoms with Crippen molar-refractivity contribution in [3.8, 4) is 5.75 Å². The Hall–Kier alpha value is -1.85. The van der Waals surface area contributed by atoms with Crippen molar-refractivity contribution in [2.24, 2.45) is 7.05 Å². The highest BCUT2D eigenvalue weighted by Crippen LogP contribution is 2.10. The molecule has 0 fully saturated rings. The summed E-state index contributed by atoms with van der Waals surface area (Å²) in [5, 5.41) is 12.8. The van der Waals surface area contributed by atoms with Gasteiger partial charge in [0.05, 0.1) is 6.61 Å². The molecule has 0 aliphatic heterocycles. The minimum atomic E-state index is -0.749. The van der Waals surface area contributed by atoms with Gasteiger partial charge in [-0.1, -0.05) is 0 Å².